The number of benzene rings is 1. The summed E-state index contributed by atoms with van der Waals surface area (Å²) in [5, 5.41) is 26.0. The smallest absolute Gasteiger partial charge is 0.326 e. The van der Waals surface area contributed by atoms with Crippen LogP contribution >= 0.6 is 0 Å². The molecule has 188 valence electrons. The number of carbonyl (C=O) groups excluding carboxylic acids is 3. The van der Waals surface area contributed by atoms with Gasteiger partial charge in [-0.25, -0.2) is 4.79 Å². The third kappa shape index (κ3) is 10.7. The number of hydrogen-bond donors (Lipinski definition) is 8. The van der Waals surface area contributed by atoms with Crippen molar-refractivity contribution >= 4 is 29.7 Å². The number of amides is 3. The fourth-order valence-corrected chi connectivity index (χ4v) is 2.84. The van der Waals surface area contributed by atoms with Crippen LogP contribution in [-0.4, -0.2) is 77.2 Å². The van der Waals surface area contributed by atoms with E-state index in [1.165, 1.54) is 6.92 Å². The van der Waals surface area contributed by atoms with E-state index in [1.54, 1.807) is 30.3 Å². The lowest BCUT2D eigenvalue weighted by atomic mass is 10.0. The van der Waals surface area contributed by atoms with Gasteiger partial charge >= 0.3 is 5.97 Å². The van der Waals surface area contributed by atoms with Crippen molar-refractivity contribution in [1.29, 1.82) is 0 Å². The van der Waals surface area contributed by atoms with Gasteiger partial charge in [0.2, 0.25) is 17.7 Å². The zero-order chi connectivity index (χ0) is 25.7. The first kappa shape index (κ1) is 28.3. The van der Waals surface area contributed by atoms with E-state index in [4.69, 9.17) is 17.2 Å². The van der Waals surface area contributed by atoms with Crippen LogP contribution in [0.5, 0.6) is 0 Å². The average Bonchev–Trinajstić information content (AvgIpc) is 2.78. The summed E-state index contributed by atoms with van der Waals surface area (Å²) in [7, 11) is 0. The molecule has 0 heterocycles. The van der Waals surface area contributed by atoms with Crippen LogP contribution < -0.4 is 33.2 Å². The van der Waals surface area contributed by atoms with Crippen molar-refractivity contribution in [2.45, 2.75) is 50.4 Å². The number of aliphatic hydroxyl groups excluding tert-OH is 1. The lowest BCUT2D eigenvalue weighted by molar-refractivity contribution is -0.142. The van der Waals surface area contributed by atoms with Gasteiger partial charge in [-0.05, 0) is 25.3 Å². The number of nitrogens with zero attached hydrogens (tertiary/aromatic N) is 1. The van der Waals surface area contributed by atoms with Gasteiger partial charge in [-0.3, -0.25) is 19.4 Å². The zero-order valence-electron chi connectivity index (χ0n) is 18.9. The molecule has 4 atom stereocenters. The number of hydrogen-bond acceptors (Lipinski definition) is 7. The first-order valence-corrected chi connectivity index (χ1v) is 10.6. The van der Waals surface area contributed by atoms with Crippen LogP contribution in [0, 0.1) is 0 Å². The quantitative estimate of drug-likeness (QED) is 0.0778. The van der Waals surface area contributed by atoms with Crippen LogP contribution in [0.25, 0.3) is 0 Å². The standard InChI is InChI=1S/C21H33N7O6/c1-12(29)17(22)19(32)28-15(10-13-6-3-2-4-7-13)18(31)26-11-16(30)27-14(20(33)34)8-5-9-25-21(23)24/h2-4,6-7,12,14-15,17,29H,5,8-11,22H2,1H3,(H,26,31)(H,27,30)(H,28,32)(H,33,34)(H4,23,24,25). The minimum absolute atomic E-state index is 0.0791. The molecule has 0 aliphatic rings. The number of aliphatic imine (C=N–C) groups is 1. The van der Waals surface area contributed by atoms with Crippen molar-refractivity contribution in [3.8, 4) is 0 Å². The summed E-state index contributed by atoms with van der Waals surface area (Å²) < 4.78 is 0. The Morgan fingerprint density at radius 2 is 1.68 bits per heavy atom. The molecule has 34 heavy (non-hydrogen) atoms. The predicted octanol–water partition coefficient (Wildman–Crippen LogP) is -2.84. The lowest BCUT2D eigenvalue weighted by Crippen LogP contribution is -2.56. The van der Waals surface area contributed by atoms with Crippen molar-refractivity contribution in [3.63, 3.8) is 0 Å². The molecule has 0 fully saturated rings. The average molecular weight is 480 g/mol. The maximum atomic E-state index is 12.7. The van der Waals surface area contributed by atoms with Gasteiger partial charge in [0.25, 0.3) is 0 Å². The molecule has 13 nitrogen and oxygen atoms in total. The highest BCUT2D eigenvalue weighted by Crippen LogP contribution is 2.05. The van der Waals surface area contributed by atoms with Crippen molar-refractivity contribution in [3.05, 3.63) is 35.9 Å². The maximum absolute atomic E-state index is 12.7. The number of nitrogens with two attached hydrogens (primary N) is 3. The monoisotopic (exact) mass is 479 g/mol. The molecule has 0 aromatic heterocycles. The molecule has 0 aliphatic carbocycles. The second-order valence-electron chi connectivity index (χ2n) is 7.64. The number of carboxylic acids is 1. The van der Waals surface area contributed by atoms with Gasteiger partial charge in [0.15, 0.2) is 5.96 Å². The molecule has 0 saturated heterocycles. The van der Waals surface area contributed by atoms with Crippen LogP contribution in [0.3, 0.4) is 0 Å². The largest absolute Gasteiger partial charge is 0.480 e. The first-order valence-electron chi connectivity index (χ1n) is 10.6. The van der Waals surface area contributed by atoms with Gasteiger partial charge in [0.1, 0.15) is 18.1 Å². The third-order valence-electron chi connectivity index (χ3n) is 4.74. The van der Waals surface area contributed by atoms with Crippen molar-refractivity contribution in [2.75, 3.05) is 13.1 Å². The Bertz CT molecular complexity index is 858. The van der Waals surface area contributed by atoms with Crippen LogP contribution in [0.4, 0.5) is 0 Å². The molecule has 13 heteroatoms. The van der Waals surface area contributed by atoms with Gasteiger partial charge in [-0.15, -0.1) is 0 Å². The van der Waals surface area contributed by atoms with E-state index in [2.05, 4.69) is 20.9 Å². The highest BCUT2D eigenvalue weighted by molar-refractivity contribution is 5.92. The Labute approximate surface area is 197 Å². The molecular weight excluding hydrogens is 446 g/mol. The van der Waals surface area contributed by atoms with Crippen LogP contribution in [-0.2, 0) is 25.6 Å². The summed E-state index contributed by atoms with van der Waals surface area (Å²) in [6, 6.07) is 5.32. The lowest BCUT2D eigenvalue weighted by Gasteiger charge is -2.22. The summed E-state index contributed by atoms with van der Waals surface area (Å²) in [6.07, 6.45) is -0.632. The SMILES string of the molecule is CC(O)C(N)C(=O)NC(Cc1ccccc1)C(=O)NCC(=O)NC(CCCN=C(N)N)C(=O)O. The van der Waals surface area contributed by atoms with E-state index in [1.807, 2.05) is 0 Å². The number of guanidine groups is 1. The summed E-state index contributed by atoms with van der Waals surface area (Å²) in [5.41, 5.74) is 16.8. The van der Waals surface area contributed by atoms with E-state index < -0.39 is 54.5 Å². The number of rotatable bonds is 14. The topological polar surface area (TPSA) is 235 Å². The zero-order valence-corrected chi connectivity index (χ0v) is 18.9. The number of aliphatic hydroxyl groups is 1. The molecule has 0 aliphatic heterocycles. The maximum Gasteiger partial charge on any atom is 0.326 e. The summed E-state index contributed by atoms with van der Waals surface area (Å²) in [6.45, 7) is 1.03. The molecule has 3 amide bonds. The van der Waals surface area contributed by atoms with Crippen molar-refractivity contribution in [1.82, 2.24) is 16.0 Å². The Morgan fingerprint density at radius 1 is 1.03 bits per heavy atom. The molecule has 1 aromatic carbocycles. The van der Waals surface area contributed by atoms with Gasteiger partial charge in [-0.1, -0.05) is 30.3 Å². The van der Waals surface area contributed by atoms with E-state index in [0.29, 0.717) is 6.42 Å². The van der Waals surface area contributed by atoms with Gasteiger partial charge in [0, 0.05) is 13.0 Å². The van der Waals surface area contributed by atoms with Gasteiger partial charge in [0.05, 0.1) is 12.6 Å². The molecule has 1 aromatic rings. The Hall–Kier alpha value is -3.71. The Balaban J connectivity index is 2.72. The molecule has 0 saturated carbocycles. The van der Waals surface area contributed by atoms with Crippen LogP contribution in [0.1, 0.15) is 25.3 Å². The minimum Gasteiger partial charge on any atom is -0.480 e. The van der Waals surface area contributed by atoms with E-state index in [0.717, 1.165) is 5.56 Å². The molecule has 1 rings (SSSR count). The normalized spacial score (nSPS) is 14.1. The van der Waals surface area contributed by atoms with E-state index in [9.17, 15) is 29.4 Å². The number of carboxylic acid groups (broad SMARTS) is 1. The molecule has 0 radical (unpaired) electrons. The summed E-state index contributed by atoms with van der Waals surface area (Å²) >= 11 is 0. The van der Waals surface area contributed by atoms with Gasteiger partial charge in [-0.2, -0.15) is 0 Å². The fraction of sp³-hybridized carbons (Fsp3) is 0.476. The fourth-order valence-electron chi connectivity index (χ4n) is 2.84. The Kier molecular flexibility index (Phi) is 12.0. The number of aliphatic carboxylic acids is 1. The molecular formula is C21H33N7O6. The molecule has 11 N–H and O–H groups in total. The summed E-state index contributed by atoms with van der Waals surface area (Å²) in [4.78, 5) is 52.3. The second kappa shape index (κ2) is 14.4. The van der Waals surface area contributed by atoms with Crippen LogP contribution in [0.2, 0.25) is 0 Å². The minimum atomic E-state index is -1.25. The van der Waals surface area contributed by atoms with Crippen molar-refractivity contribution < 1.29 is 29.4 Å². The highest BCUT2D eigenvalue weighted by Gasteiger charge is 2.27. The molecule has 0 spiro atoms. The second-order valence-corrected chi connectivity index (χ2v) is 7.64. The van der Waals surface area contributed by atoms with E-state index in [-0.39, 0.29) is 25.3 Å². The van der Waals surface area contributed by atoms with Crippen molar-refractivity contribution in [2.24, 2.45) is 22.2 Å². The number of carbonyl (C=O) groups is 4. The molecule has 4 unspecified atom stereocenters. The predicted molar refractivity (Wildman–Crippen MR) is 124 cm³/mol. The van der Waals surface area contributed by atoms with Crippen LogP contribution in [0.15, 0.2) is 35.3 Å². The highest BCUT2D eigenvalue weighted by atomic mass is 16.4. The van der Waals surface area contributed by atoms with Gasteiger partial charge < -0.3 is 43.4 Å². The Morgan fingerprint density at radius 3 is 2.24 bits per heavy atom. The molecule has 0 bridgehead atoms. The van der Waals surface area contributed by atoms with E-state index >= 15 is 0 Å². The third-order valence-corrected chi connectivity index (χ3v) is 4.74. The summed E-state index contributed by atoms with van der Waals surface area (Å²) in [5.74, 6) is -3.50. The first-order chi connectivity index (χ1) is 16.0. The number of nitrogens with one attached hydrogen (secondary N) is 3.